The van der Waals surface area contributed by atoms with E-state index in [9.17, 15) is 0 Å². The van der Waals surface area contributed by atoms with E-state index in [1.54, 1.807) is 0 Å². The third-order valence-electron chi connectivity index (χ3n) is 17.3. The van der Waals surface area contributed by atoms with Crippen molar-refractivity contribution in [1.82, 2.24) is 0 Å². The summed E-state index contributed by atoms with van der Waals surface area (Å²) >= 11 is -6.17. The van der Waals surface area contributed by atoms with E-state index in [-0.39, 0.29) is 37.5 Å². The fraction of sp³-hybridized carbons (Fsp3) is 1.00. The maximum absolute atomic E-state index is 8.65. The van der Waals surface area contributed by atoms with Crippen molar-refractivity contribution in [3.8, 4) is 0 Å². The molecule has 0 aromatic carbocycles. The third kappa shape index (κ3) is 102. The summed E-state index contributed by atoms with van der Waals surface area (Å²) in [5.41, 5.74) is 0. The van der Waals surface area contributed by atoms with Crippen molar-refractivity contribution >= 4 is 0 Å². The van der Waals surface area contributed by atoms with Crippen LogP contribution in [0.2, 0.25) is 0 Å². The number of hydrogen-bond donors (Lipinski definition) is 2. The molecule has 0 amide bonds. The van der Waals surface area contributed by atoms with Gasteiger partial charge in [0.1, 0.15) is 0 Å². The molecule has 9 nitrogen and oxygen atoms in total. The summed E-state index contributed by atoms with van der Waals surface area (Å²) in [6.07, 6.45) is 87.8. The Labute approximate surface area is 540 Å². The standard InChI is InChI=1S/2C36H75N.7O.2W/c2*1-4-7-10-13-16-19-22-25-28-31-34-37(35-32-29-26-23-20-17-14-11-8-5-2)36-33-30-27-24-21-18-15-12-9-6-3;;;;;;;;;/h2*4-36H2,1-3H3;;;;;;;;;/q;;;;3*-2;2*-1;;+6/p+2. The van der Waals surface area contributed by atoms with E-state index in [1.165, 1.54) is 425 Å². The second-order valence-corrected chi connectivity index (χ2v) is 28.4. The van der Waals surface area contributed by atoms with Crippen LogP contribution >= 0.6 is 0 Å². The molecule has 0 aliphatic carbocycles. The Balaban J connectivity index is -0.000000246. The van der Waals surface area contributed by atoms with Crippen LogP contribution in [0.3, 0.4) is 0 Å². The smallest absolute Gasteiger partial charge is 6.00 e. The molecular weight excluding hydrogens is 1370 g/mol. The first-order valence-corrected chi connectivity index (χ1v) is 41.8. The van der Waals surface area contributed by atoms with Crippen molar-refractivity contribution in [3.05, 3.63) is 0 Å². The zero-order chi connectivity index (χ0) is 58.3. The zero-order valence-corrected chi connectivity index (χ0v) is 63.2. The number of unbranched alkanes of at least 4 members (excludes halogenated alkanes) is 54. The predicted octanol–water partition coefficient (Wildman–Crippen LogP) is 20.3. The molecule has 0 aromatic rings. The summed E-state index contributed by atoms with van der Waals surface area (Å²) in [4.78, 5) is 3.89. The van der Waals surface area contributed by atoms with Crippen LogP contribution < -0.4 is 17.3 Å². The Morgan fingerprint density at radius 2 is 0.265 bits per heavy atom. The maximum atomic E-state index is 8.65. The molecule has 0 heterocycles. The first-order valence-electron chi connectivity index (χ1n) is 37.0. The van der Waals surface area contributed by atoms with E-state index in [1.807, 2.05) is 9.80 Å². The number of rotatable bonds is 66. The molecule has 0 aliphatic heterocycles. The van der Waals surface area contributed by atoms with Gasteiger partial charge in [-0.05, 0) is 77.0 Å². The molecule has 0 bridgehead atoms. The summed E-state index contributed by atoms with van der Waals surface area (Å²) in [7, 11) is 0. The van der Waals surface area contributed by atoms with E-state index in [2.05, 4.69) is 41.5 Å². The van der Waals surface area contributed by atoms with E-state index in [0.29, 0.717) is 0 Å². The second-order valence-electron chi connectivity index (χ2n) is 25.5. The van der Waals surface area contributed by atoms with Crippen molar-refractivity contribution < 1.29 is 78.4 Å². The van der Waals surface area contributed by atoms with Crippen molar-refractivity contribution in [2.45, 2.75) is 427 Å². The number of nitrogens with one attached hydrogen (secondary N) is 2. The Kier molecular flexibility index (Phi) is 104. The summed E-state index contributed by atoms with van der Waals surface area (Å²) in [6, 6.07) is 0. The summed E-state index contributed by atoms with van der Waals surface area (Å²) < 4.78 is 34.6. The van der Waals surface area contributed by atoms with Crippen molar-refractivity contribution in [3.63, 3.8) is 0 Å². The number of quaternary nitrogens is 2. The Bertz CT molecular complexity index is 962. The zero-order valence-electron chi connectivity index (χ0n) is 57.3. The normalized spacial score (nSPS) is 11.1. The molecule has 0 rings (SSSR count). The van der Waals surface area contributed by atoms with Crippen LogP contribution in [0.1, 0.15) is 427 Å². The van der Waals surface area contributed by atoms with Gasteiger partial charge >= 0.3 is 52.1 Å². The molecule has 0 radical (unpaired) electrons. The molecular formula is C72H152N2O7W2. The van der Waals surface area contributed by atoms with Gasteiger partial charge < -0.3 is 26.2 Å². The Morgan fingerprint density at radius 1 is 0.193 bits per heavy atom. The van der Waals surface area contributed by atoms with Gasteiger partial charge in [-0.1, -0.05) is 350 Å². The van der Waals surface area contributed by atoms with Gasteiger partial charge in [-0.15, -0.1) is 0 Å². The van der Waals surface area contributed by atoms with Crippen LogP contribution in [0.25, 0.3) is 0 Å². The van der Waals surface area contributed by atoms with Crippen LogP contribution in [0.15, 0.2) is 0 Å². The average molecular weight is 1530 g/mol. The molecule has 0 spiro atoms. The molecule has 0 aliphatic rings. The first kappa shape index (κ1) is 97.3. The van der Waals surface area contributed by atoms with Crippen LogP contribution in [0.5, 0.6) is 0 Å². The molecule has 504 valence electrons. The monoisotopic (exact) mass is 1530 g/mol. The average Bonchev–Trinajstić information content (AvgIpc) is 3.43. The molecule has 0 aromatic heterocycles. The van der Waals surface area contributed by atoms with Gasteiger partial charge in [-0.2, -0.15) is 0 Å². The number of hydrogen-bond acceptors (Lipinski definition) is 4. The minimum absolute atomic E-state index is 0. The van der Waals surface area contributed by atoms with Gasteiger partial charge in [0.2, 0.25) is 0 Å². The van der Waals surface area contributed by atoms with Gasteiger partial charge in [-0.3, -0.25) is 0 Å². The van der Waals surface area contributed by atoms with Crippen molar-refractivity contribution in [1.29, 1.82) is 0 Å². The van der Waals surface area contributed by atoms with E-state index in [4.69, 9.17) is 14.3 Å². The molecule has 83 heavy (non-hydrogen) atoms. The first-order chi connectivity index (χ1) is 38.7. The summed E-state index contributed by atoms with van der Waals surface area (Å²) in [5.74, 6) is 0. The van der Waals surface area contributed by atoms with Gasteiger partial charge in [-0.25, -0.2) is 0 Å². The largest absolute Gasteiger partial charge is 6.00 e. The van der Waals surface area contributed by atoms with Gasteiger partial charge in [0.25, 0.3) is 0 Å². The van der Waals surface area contributed by atoms with E-state index in [0.717, 1.165) is 0 Å². The van der Waals surface area contributed by atoms with Gasteiger partial charge in [0, 0.05) is 0 Å². The maximum Gasteiger partial charge on any atom is 6.00 e. The fourth-order valence-corrected chi connectivity index (χ4v) is 11.9. The summed E-state index contributed by atoms with van der Waals surface area (Å²) in [5, 5.41) is 0. The van der Waals surface area contributed by atoms with Crippen molar-refractivity contribution in [2.24, 2.45) is 0 Å². The minimum Gasteiger partial charge on any atom is 6.00 e. The molecule has 11 heteroatoms. The van der Waals surface area contributed by atoms with Crippen LogP contribution in [0, 0.1) is 0 Å². The fourth-order valence-electron chi connectivity index (χ4n) is 11.9. The summed E-state index contributed by atoms with van der Waals surface area (Å²) in [6.45, 7) is 22.6. The van der Waals surface area contributed by atoms with Gasteiger partial charge in [0.15, 0.2) is 0 Å². The SMILES string of the molecule is CCCCCCCCCCCC[NH+](CCCCCCCCCCCC)CCCCCCCCCCCC.CCCCCCCCCCCC[NH+](CCCCCCCCCCCC)CCCCCCCCCCCC.[O-2].[O-2].[O-2].[O]=[W](=[O])([O-])[O-].[W+6]. The van der Waals surface area contributed by atoms with Gasteiger partial charge in [0.05, 0.1) is 39.3 Å². The molecule has 0 unspecified atom stereocenters. The van der Waals surface area contributed by atoms with E-state index < -0.39 is 16.7 Å². The Morgan fingerprint density at radius 3 is 0.349 bits per heavy atom. The quantitative estimate of drug-likeness (QED) is 0.0577. The molecule has 0 atom stereocenters. The molecule has 0 fully saturated rings. The van der Waals surface area contributed by atoms with Crippen LogP contribution in [-0.4, -0.2) is 39.3 Å². The van der Waals surface area contributed by atoms with Crippen LogP contribution in [0.4, 0.5) is 0 Å². The van der Waals surface area contributed by atoms with Crippen molar-refractivity contribution in [2.75, 3.05) is 39.3 Å². The molecule has 0 saturated carbocycles. The molecule has 0 saturated heterocycles. The molecule has 2 N–H and O–H groups in total. The second kappa shape index (κ2) is 89.1. The van der Waals surface area contributed by atoms with E-state index >= 15 is 0 Å². The third-order valence-corrected chi connectivity index (χ3v) is 17.3. The van der Waals surface area contributed by atoms with Crippen LogP contribution in [-0.2, 0) is 61.0 Å². The topological polar surface area (TPSA) is 175 Å². The Hall–Kier alpha value is 0.697. The predicted molar refractivity (Wildman–Crippen MR) is 346 cm³/mol. The minimum atomic E-state index is -6.17.